The van der Waals surface area contributed by atoms with Crippen molar-refractivity contribution >= 4 is 45.9 Å². The summed E-state index contributed by atoms with van der Waals surface area (Å²) >= 11 is 8.24. The minimum absolute atomic E-state index is 0. The van der Waals surface area contributed by atoms with Crippen LogP contribution in [0.25, 0.3) is 0 Å². The molecule has 0 rings (SSSR count). The maximum atomic E-state index is 9.97. The van der Waals surface area contributed by atoms with Crippen LogP contribution in [0.2, 0.25) is 0 Å². The zero-order chi connectivity index (χ0) is 13.2. The van der Waals surface area contributed by atoms with Crippen molar-refractivity contribution in [3.8, 4) is 0 Å². The van der Waals surface area contributed by atoms with Crippen molar-refractivity contribution in [3.63, 3.8) is 0 Å². The minimum atomic E-state index is -4.42. The standard InChI is InChI=1S/C4H6O3S2.C2H6O4S.3H3N/c5-3(8)1-7-2-4(6)9;1-2-6-7(3,4)5;;;/h1-2H2,(H,5,8)(H,6,9);2H2,1H3,(H,3,4,5);3*1H3. The number of quaternary nitrogens is 3. The molecule has 0 aliphatic rings. The van der Waals surface area contributed by atoms with Crippen LogP contribution in [-0.2, 0) is 54.2 Å². The van der Waals surface area contributed by atoms with E-state index >= 15 is 0 Å². The quantitative estimate of drug-likeness (QED) is 0.328. The highest BCUT2D eigenvalue weighted by Gasteiger charge is 1.85. The van der Waals surface area contributed by atoms with Crippen LogP contribution in [-0.4, -0.2) is 43.0 Å². The molecule has 0 spiro atoms. The van der Waals surface area contributed by atoms with Gasteiger partial charge in [-0.25, -0.2) is 8.42 Å². The van der Waals surface area contributed by atoms with Crippen LogP contribution in [0.1, 0.15) is 6.92 Å². The van der Waals surface area contributed by atoms with E-state index in [1.165, 1.54) is 6.92 Å². The predicted octanol–water partition coefficient (Wildman–Crippen LogP) is -0.238. The topological polar surface area (TPSA) is 219 Å². The molecule has 0 amide bonds. The summed E-state index contributed by atoms with van der Waals surface area (Å²) in [6.07, 6.45) is 0. The van der Waals surface area contributed by atoms with Gasteiger partial charge in [-0.2, -0.15) is 0 Å². The molecule has 0 radical (unpaired) electrons. The van der Waals surface area contributed by atoms with E-state index in [2.05, 4.69) is 34.2 Å². The Kier molecular flexibility index (Phi) is 28.6. The van der Waals surface area contributed by atoms with Gasteiger partial charge in [-0.3, -0.25) is 4.18 Å². The van der Waals surface area contributed by atoms with Gasteiger partial charge >= 0.3 is 0 Å². The minimum Gasteiger partial charge on any atom is -0.740 e. The van der Waals surface area contributed by atoms with Gasteiger partial charge in [-0.15, -0.1) is 0 Å². The molecule has 0 aromatic heterocycles. The zero-order valence-electron chi connectivity index (χ0n) is 11.2. The summed E-state index contributed by atoms with van der Waals surface area (Å²) in [5.41, 5.74) is 0. The smallest absolute Gasteiger partial charge is 0.217 e. The summed E-state index contributed by atoms with van der Waals surface area (Å²) in [5, 5.41) is -1.04. The van der Waals surface area contributed by atoms with E-state index in [4.69, 9.17) is 0 Å². The summed E-state index contributed by atoms with van der Waals surface area (Å²) in [6.45, 7) is 0.913. The van der Waals surface area contributed by atoms with Gasteiger partial charge in [0, 0.05) is 10.2 Å². The molecule has 0 unspecified atom stereocenters. The fourth-order valence-corrected chi connectivity index (χ4v) is 0.817. The second kappa shape index (κ2) is 17.5. The van der Waals surface area contributed by atoms with Crippen molar-refractivity contribution in [1.29, 1.82) is 0 Å². The molecule has 0 aliphatic heterocycles. The molecular formula is C6H21N3O7S3. The van der Waals surface area contributed by atoms with Crippen molar-refractivity contribution in [1.82, 2.24) is 18.5 Å². The van der Waals surface area contributed by atoms with Gasteiger partial charge in [0.1, 0.15) is 0 Å². The van der Waals surface area contributed by atoms with Crippen molar-refractivity contribution in [2.45, 2.75) is 6.92 Å². The van der Waals surface area contributed by atoms with Crippen LogP contribution >= 0.6 is 0 Å². The van der Waals surface area contributed by atoms with Crippen molar-refractivity contribution in [3.05, 3.63) is 0 Å². The molecule has 19 heavy (non-hydrogen) atoms. The van der Waals surface area contributed by atoms with Crippen LogP contribution in [0.5, 0.6) is 0 Å². The Bertz CT molecular complexity index is 308. The third-order valence-electron chi connectivity index (χ3n) is 0.702. The van der Waals surface area contributed by atoms with Crippen LogP contribution in [0, 0.1) is 0 Å². The molecular weight excluding hydrogens is 322 g/mol. The molecule has 0 heterocycles. The lowest BCUT2D eigenvalue weighted by Gasteiger charge is -2.06. The molecule has 0 saturated heterocycles. The van der Waals surface area contributed by atoms with Crippen molar-refractivity contribution < 1.29 is 31.5 Å². The van der Waals surface area contributed by atoms with E-state index in [0.717, 1.165) is 0 Å². The second-order valence-electron chi connectivity index (χ2n) is 2.05. The van der Waals surface area contributed by atoms with Gasteiger partial charge in [-0.1, -0.05) is 0 Å². The van der Waals surface area contributed by atoms with Gasteiger partial charge in [-0.05, 0) is 6.92 Å². The lowest BCUT2D eigenvalue weighted by Crippen LogP contribution is -2.10. The number of carbonyl (C=O) groups excluding carboxylic acids is 2. The van der Waals surface area contributed by atoms with Crippen molar-refractivity contribution in [2.75, 3.05) is 19.8 Å². The van der Waals surface area contributed by atoms with Gasteiger partial charge in [0.15, 0.2) is 0 Å². The van der Waals surface area contributed by atoms with Gasteiger partial charge in [0.25, 0.3) is 0 Å². The van der Waals surface area contributed by atoms with E-state index in [-0.39, 0.29) is 38.3 Å². The average Bonchev–Trinajstić information content (AvgIpc) is 2.00. The van der Waals surface area contributed by atoms with E-state index < -0.39 is 20.6 Å². The number of hydrogen-bond donors (Lipinski definition) is 3. The lowest BCUT2D eigenvalue weighted by atomic mass is 10.7. The van der Waals surface area contributed by atoms with Gasteiger partial charge in [0.05, 0.1) is 19.8 Å². The Morgan fingerprint density at radius 2 is 1.37 bits per heavy atom. The Balaban J connectivity index is -0.0000000607. The van der Waals surface area contributed by atoms with E-state index in [1.54, 1.807) is 0 Å². The van der Waals surface area contributed by atoms with Crippen molar-refractivity contribution in [2.24, 2.45) is 0 Å². The normalized spacial score (nSPS) is 8.53. The molecule has 0 aromatic carbocycles. The summed E-state index contributed by atoms with van der Waals surface area (Å²) in [6, 6.07) is 0. The zero-order valence-corrected chi connectivity index (χ0v) is 13.7. The number of ether oxygens (including phenoxy) is 1. The first-order chi connectivity index (χ1) is 7.19. The molecule has 0 aliphatic carbocycles. The SMILES string of the molecule is CCOS(=O)(=O)[O-].O=C([S-])COCC(=O)[S-].[NH4+].[NH4+].[NH4+]. The first-order valence-corrected chi connectivity index (χ1v) is 5.91. The average molecular weight is 343 g/mol. The highest BCUT2D eigenvalue weighted by atomic mass is 32.3. The van der Waals surface area contributed by atoms with Crippen LogP contribution in [0.4, 0.5) is 0 Å². The second-order valence-corrected chi connectivity index (χ2v) is 4.01. The highest BCUT2D eigenvalue weighted by molar-refractivity contribution is 7.80. The molecule has 0 aromatic rings. The molecule has 13 heteroatoms. The van der Waals surface area contributed by atoms with Crippen LogP contribution < -0.4 is 18.5 Å². The molecule has 0 saturated carbocycles. The first kappa shape index (κ1) is 31.1. The Morgan fingerprint density at radius 1 is 1.05 bits per heavy atom. The molecule has 0 bridgehead atoms. The molecule has 12 N–H and O–H groups in total. The Labute approximate surface area is 123 Å². The lowest BCUT2D eigenvalue weighted by molar-refractivity contribution is -0.119. The first-order valence-electron chi connectivity index (χ1n) is 3.76. The van der Waals surface area contributed by atoms with Gasteiger partial charge < -0.3 is 62.6 Å². The van der Waals surface area contributed by atoms with E-state index in [9.17, 15) is 22.6 Å². The van der Waals surface area contributed by atoms with Crippen LogP contribution in [0.15, 0.2) is 0 Å². The van der Waals surface area contributed by atoms with Gasteiger partial charge in [0.2, 0.25) is 10.4 Å². The van der Waals surface area contributed by atoms with E-state index in [0.29, 0.717) is 0 Å². The fraction of sp³-hybridized carbons (Fsp3) is 0.667. The Morgan fingerprint density at radius 3 is 1.47 bits per heavy atom. The molecule has 10 nitrogen and oxygen atoms in total. The fourth-order valence-electron chi connectivity index (χ4n) is 0.362. The number of rotatable bonds is 6. The summed E-state index contributed by atoms with van der Waals surface area (Å²) in [4.78, 5) is 19.9. The maximum Gasteiger partial charge on any atom is 0.217 e. The molecule has 0 fully saturated rings. The highest BCUT2D eigenvalue weighted by Crippen LogP contribution is 1.80. The molecule has 120 valence electrons. The molecule has 0 atom stereocenters. The monoisotopic (exact) mass is 343 g/mol. The predicted molar refractivity (Wildman–Crippen MR) is 74.8 cm³/mol. The summed E-state index contributed by atoms with van der Waals surface area (Å²) < 4.78 is 36.5. The third kappa shape index (κ3) is 46.6. The Hall–Kier alpha value is -0.510. The third-order valence-corrected chi connectivity index (χ3v) is 1.46. The largest absolute Gasteiger partial charge is 0.740 e. The van der Waals surface area contributed by atoms with Crippen LogP contribution in [0.3, 0.4) is 0 Å². The maximum absolute atomic E-state index is 9.97. The number of carbonyl (C=O) groups is 2. The summed E-state index contributed by atoms with van der Waals surface area (Å²) in [7, 11) is -4.42. The summed E-state index contributed by atoms with van der Waals surface area (Å²) in [5.74, 6) is 0. The number of hydrogen-bond acceptors (Lipinski definition) is 9. The van der Waals surface area contributed by atoms with E-state index in [1.807, 2.05) is 0 Å².